The average Bonchev–Trinajstić information content (AvgIpc) is 2.65. The Morgan fingerprint density at radius 2 is 2.00 bits per heavy atom. The Bertz CT molecular complexity index is 463. The zero-order valence-electron chi connectivity index (χ0n) is 11.3. The molecule has 1 amide bonds. The van der Waals surface area contributed by atoms with Crippen LogP contribution in [0, 0.1) is 6.92 Å². The van der Waals surface area contributed by atoms with Gasteiger partial charge in [-0.05, 0) is 25.8 Å². The maximum Gasteiger partial charge on any atom is 0.270 e. The SMILES string of the molecule is CCc1c(C(=O)N(C)CCO)[nH]c(C)c1C(C)=O. The molecule has 0 aliphatic rings. The van der Waals surface area contributed by atoms with Gasteiger partial charge in [0.1, 0.15) is 5.69 Å². The van der Waals surface area contributed by atoms with Gasteiger partial charge in [-0.15, -0.1) is 0 Å². The summed E-state index contributed by atoms with van der Waals surface area (Å²) in [7, 11) is 1.63. The second-order valence-corrected chi connectivity index (χ2v) is 4.34. The second-order valence-electron chi connectivity index (χ2n) is 4.34. The number of aromatic nitrogens is 1. The molecule has 18 heavy (non-hydrogen) atoms. The number of carbonyl (C=O) groups excluding carboxylic acids is 2. The molecule has 0 saturated heterocycles. The van der Waals surface area contributed by atoms with Crippen molar-refractivity contribution in [2.45, 2.75) is 27.2 Å². The topological polar surface area (TPSA) is 73.4 Å². The van der Waals surface area contributed by atoms with E-state index in [4.69, 9.17) is 5.11 Å². The number of nitrogens with zero attached hydrogens (tertiary/aromatic N) is 1. The van der Waals surface area contributed by atoms with Gasteiger partial charge in [0, 0.05) is 24.8 Å². The fraction of sp³-hybridized carbons (Fsp3) is 0.538. The summed E-state index contributed by atoms with van der Waals surface area (Å²) in [6.45, 7) is 5.40. The highest BCUT2D eigenvalue weighted by Crippen LogP contribution is 2.21. The highest BCUT2D eigenvalue weighted by molar-refractivity contribution is 6.02. The van der Waals surface area contributed by atoms with Gasteiger partial charge < -0.3 is 15.0 Å². The number of aryl methyl sites for hydroxylation is 1. The molecular weight excluding hydrogens is 232 g/mol. The second kappa shape index (κ2) is 5.82. The first-order chi connectivity index (χ1) is 8.43. The van der Waals surface area contributed by atoms with E-state index in [2.05, 4.69) is 4.98 Å². The molecule has 0 saturated carbocycles. The predicted octanol–water partition coefficient (Wildman–Crippen LogP) is 1.15. The first kappa shape index (κ1) is 14.4. The van der Waals surface area contributed by atoms with E-state index in [9.17, 15) is 9.59 Å². The van der Waals surface area contributed by atoms with E-state index in [0.717, 1.165) is 11.3 Å². The monoisotopic (exact) mass is 252 g/mol. The number of carbonyl (C=O) groups is 2. The van der Waals surface area contributed by atoms with Crippen LogP contribution in [0.1, 0.15) is 46.0 Å². The first-order valence-corrected chi connectivity index (χ1v) is 6.02. The molecule has 0 radical (unpaired) electrons. The van der Waals surface area contributed by atoms with Crippen molar-refractivity contribution in [3.63, 3.8) is 0 Å². The lowest BCUT2D eigenvalue weighted by Gasteiger charge is -2.15. The molecule has 100 valence electrons. The van der Waals surface area contributed by atoms with Crippen molar-refractivity contribution >= 4 is 11.7 Å². The van der Waals surface area contributed by atoms with E-state index in [1.54, 1.807) is 14.0 Å². The van der Waals surface area contributed by atoms with Crippen LogP contribution in [0.15, 0.2) is 0 Å². The number of Topliss-reactive ketones (excluding diaryl/α,β-unsaturated/α-hetero) is 1. The molecule has 0 fully saturated rings. The molecular formula is C13H20N2O3. The fourth-order valence-electron chi connectivity index (χ4n) is 2.13. The summed E-state index contributed by atoms with van der Waals surface area (Å²) in [6.07, 6.45) is 0.618. The lowest BCUT2D eigenvalue weighted by atomic mass is 10.0. The Hall–Kier alpha value is -1.62. The number of ketones is 1. The van der Waals surface area contributed by atoms with Crippen molar-refractivity contribution in [3.05, 3.63) is 22.5 Å². The Balaban J connectivity index is 3.21. The molecule has 2 N–H and O–H groups in total. The summed E-state index contributed by atoms with van der Waals surface area (Å²) < 4.78 is 0. The summed E-state index contributed by atoms with van der Waals surface area (Å²) in [5.74, 6) is -0.235. The number of hydrogen-bond donors (Lipinski definition) is 2. The van der Waals surface area contributed by atoms with Crippen molar-refractivity contribution in [2.75, 3.05) is 20.2 Å². The van der Waals surface area contributed by atoms with Crippen LogP contribution in [0.5, 0.6) is 0 Å². The summed E-state index contributed by atoms with van der Waals surface area (Å²) in [4.78, 5) is 28.2. The third-order valence-corrected chi connectivity index (χ3v) is 2.99. The van der Waals surface area contributed by atoms with Crippen molar-refractivity contribution in [1.29, 1.82) is 0 Å². The number of amides is 1. The van der Waals surface area contributed by atoms with Crippen molar-refractivity contribution < 1.29 is 14.7 Å². The summed E-state index contributed by atoms with van der Waals surface area (Å²) in [5.41, 5.74) is 2.55. The van der Waals surface area contributed by atoms with Crippen molar-refractivity contribution in [1.82, 2.24) is 9.88 Å². The minimum atomic E-state index is -0.198. The number of aliphatic hydroxyl groups is 1. The molecule has 0 aliphatic carbocycles. The average molecular weight is 252 g/mol. The molecule has 0 atom stereocenters. The summed E-state index contributed by atoms with van der Waals surface area (Å²) in [6, 6.07) is 0. The number of aliphatic hydroxyl groups excluding tert-OH is 1. The minimum Gasteiger partial charge on any atom is -0.395 e. The van der Waals surface area contributed by atoms with Gasteiger partial charge in [-0.1, -0.05) is 6.92 Å². The Kier molecular flexibility index (Phi) is 4.67. The zero-order chi connectivity index (χ0) is 13.9. The van der Waals surface area contributed by atoms with E-state index in [-0.39, 0.29) is 24.8 Å². The van der Waals surface area contributed by atoms with Gasteiger partial charge in [0.05, 0.1) is 6.61 Å². The molecule has 0 bridgehead atoms. The molecule has 1 aromatic heterocycles. The van der Waals surface area contributed by atoms with Gasteiger partial charge in [0.2, 0.25) is 0 Å². The number of likely N-dealkylation sites (N-methyl/N-ethyl adjacent to an activating group) is 1. The van der Waals surface area contributed by atoms with Crippen molar-refractivity contribution in [3.8, 4) is 0 Å². The maximum atomic E-state index is 12.2. The number of H-pyrrole nitrogens is 1. The quantitative estimate of drug-likeness (QED) is 0.772. The highest BCUT2D eigenvalue weighted by atomic mass is 16.3. The molecule has 1 rings (SSSR count). The van der Waals surface area contributed by atoms with Gasteiger partial charge in [0.25, 0.3) is 5.91 Å². The van der Waals surface area contributed by atoms with Gasteiger partial charge in [-0.2, -0.15) is 0 Å². The molecule has 0 spiro atoms. The van der Waals surface area contributed by atoms with E-state index in [0.29, 0.717) is 17.7 Å². The molecule has 1 aromatic rings. The first-order valence-electron chi connectivity index (χ1n) is 6.02. The Morgan fingerprint density at radius 1 is 1.39 bits per heavy atom. The van der Waals surface area contributed by atoms with Gasteiger partial charge in [0.15, 0.2) is 5.78 Å². The third kappa shape index (κ3) is 2.61. The standard InChI is InChI=1S/C13H20N2O3/c1-5-10-11(9(3)17)8(2)14-12(10)13(18)15(4)6-7-16/h14,16H,5-7H2,1-4H3. The largest absolute Gasteiger partial charge is 0.395 e. The molecule has 5 heteroatoms. The van der Waals surface area contributed by atoms with Crippen LogP contribution in [-0.2, 0) is 6.42 Å². The number of nitrogens with one attached hydrogen (secondary N) is 1. The van der Waals surface area contributed by atoms with Crippen LogP contribution in [-0.4, -0.2) is 46.9 Å². The van der Waals surface area contributed by atoms with Gasteiger partial charge >= 0.3 is 0 Å². The molecule has 1 heterocycles. The van der Waals surface area contributed by atoms with Crippen LogP contribution in [0.3, 0.4) is 0 Å². The van der Waals surface area contributed by atoms with Crippen molar-refractivity contribution in [2.24, 2.45) is 0 Å². The van der Waals surface area contributed by atoms with E-state index >= 15 is 0 Å². The van der Waals surface area contributed by atoms with E-state index in [1.807, 2.05) is 6.92 Å². The molecule has 5 nitrogen and oxygen atoms in total. The number of aromatic amines is 1. The summed E-state index contributed by atoms with van der Waals surface area (Å²) >= 11 is 0. The zero-order valence-corrected chi connectivity index (χ0v) is 11.3. The molecule has 0 aromatic carbocycles. The predicted molar refractivity (Wildman–Crippen MR) is 69.0 cm³/mol. The van der Waals surface area contributed by atoms with Crippen LogP contribution >= 0.6 is 0 Å². The summed E-state index contributed by atoms with van der Waals surface area (Å²) in [5, 5.41) is 8.85. The van der Waals surface area contributed by atoms with Gasteiger partial charge in [-0.25, -0.2) is 0 Å². The smallest absolute Gasteiger partial charge is 0.270 e. The number of hydrogen-bond acceptors (Lipinski definition) is 3. The third-order valence-electron chi connectivity index (χ3n) is 2.99. The minimum absolute atomic E-state index is 0.0375. The van der Waals surface area contributed by atoms with Crippen LogP contribution < -0.4 is 0 Å². The number of rotatable bonds is 5. The van der Waals surface area contributed by atoms with Crippen LogP contribution in [0.25, 0.3) is 0 Å². The van der Waals surface area contributed by atoms with Crippen LogP contribution in [0.4, 0.5) is 0 Å². The highest BCUT2D eigenvalue weighted by Gasteiger charge is 2.23. The Labute approximate surface area is 107 Å². The van der Waals surface area contributed by atoms with E-state index < -0.39 is 0 Å². The fourth-order valence-corrected chi connectivity index (χ4v) is 2.13. The lowest BCUT2D eigenvalue weighted by Crippen LogP contribution is -2.30. The molecule has 0 unspecified atom stereocenters. The Morgan fingerprint density at radius 3 is 2.44 bits per heavy atom. The van der Waals surface area contributed by atoms with E-state index in [1.165, 1.54) is 11.8 Å². The van der Waals surface area contributed by atoms with Gasteiger partial charge in [-0.3, -0.25) is 9.59 Å². The molecule has 0 aliphatic heterocycles. The maximum absolute atomic E-state index is 12.2. The lowest BCUT2D eigenvalue weighted by molar-refractivity contribution is 0.0760. The van der Waals surface area contributed by atoms with Crippen LogP contribution in [0.2, 0.25) is 0 Å². The normalized spacial score (nSPS) is 10.5.